The van der Waals surface area contributed by atoms with Crippen molar-refractivity contribution in [3.8, 4) is 5.75 Å². The van der Waals surface area contributed by atoms with E-state index in [1.807, 2.05) is 22.2 Å². The quantitative estimate of drug-likeness (QED) is 0.577. The summed E-state index contributed by atoms with van der Waals surface area (Å²) in [5.41, 5.74) is 1.11. The van der Waals surface area contributed by atoms with Crippen molar-refractivity contribution in [3.63, 3.8) is 0 Å². The van der Waals surface area contributed by atoms with Gasteiger partial charge in [0.15, 0.2) is 10.7 Å². The van der Waals surface area contributed by atoms with Crippen molar-refractivity contribution in [1.29, 1.82) is 0 Å². The SMILES string of the molecule is O=[N+]([O-])c1ccc(CO)cc1OCc1cn2ccsc2n1. The molecule has 21 heavy (non-hydrogen) atoms. The summed E-state index contributed by atoms with van der Waals surface area (Å²) >= 11 is 1.50. The first kappa shape index (κ1) is 13.5. The Morgan fingerprint density at radius 1 is 1.48 bits per heavy atom. The number of nitro benzene ring substituents is 1. The molecule has 3 rings (SSSR count). The molecule has 0 bridgehead atoms. The average molecular weight is 305 g/mol. The van der Waals surface area contributed by atoms with Crippen molar-refractivity contribution in [2.45, 2.75) is 13.2 Å². The Bertz CT molecular complexity index is 767. The molecule has 1 aromatic carbocycles. The number of fused-ring (bicyclic) bond motifs is 1. The number of rotatable bonds is 5. The summed E-state index contributed by atoms with van der Waals surface area (Å²) in [4.78, 5) is 15.6. The largest absolute Gasteiger partial charge is 0.480 e. The Morgan fingerprint density at radius 3 is 3.05 bits per heavy atom. The van der Waals surface area contributed by atoms with Crippen LogP contribution in [0.2, 0.25) is 0 Å². The molecule has 108 valence electrons. The first-order valence-corrected chi connectivity index (χ1v) is 6.97. The molecule has 0 atom stereocenters. The highest BCUT2D eigenvalue weighted by Crippen LogP contribution is 2.28. The lowest BCUT2D eigenvalue weighted by Crippen LogP contribution is -2.00. The van der Waals surface area contributed by atoms with Gasteiger partial charge >= 0.3 is 5.69 Å². The summed E-state index contributed by atoms with van der Waals surface area (Å²) in [6.07, 6.45) is 3.69. The zero-order valence-electron chi connectivity index (χ0n) is 10.8. The van der Waals surface area contributed by atoms with Crippen molar-refractivity contribution < 1.29 is 14.8 Å². The van der Waals surface area contributed by atoms with Gasteiger partial charge in [-0.3, -0.25) is 14.5 Å². The van der Waals surface area contributed by atoms with Crippen LogP contribution in [0.3, 0.4) is 0 Å². The summed E-state index contributed by atoms with van der Waals surface area (Å²) in [6.45, 7) is -0.0707. The summed E-state index contributed by atoms with van der Waals surface area (Å²) in [6, 6.07) is 4.29. The van der Waals surface area contributed by atoms with Crippen molar-refractivity contribution >= 4 is 22.0 Å². The maximum absolute atomic E-state index is 11.0. The van der Waals surface area contributed by atoms with Crippen LogP contribution >= 0.6 is 11.3 Å². The van der Waals surface area contributed by atoms with E-state index < -0.39 is 4.92 Å². The molecule has 7 nitrogen and oxygen atoms in total. The highest BCUT2D eigenvalue weighted by Gasteiger charge is 2.16. The maximum Gasteiger partial charge on any atom is 0.310 e. The molecular weight excluding hydrogens is 294 g/mol. The summed E-state index contributed by atoms with van der Waals surface area (Å²) in [5, 5.41) is 22.0. The number of nitrogens with zero attached hydrogens (tertiary/aromatic N) is 3. The molecule has 0 radical (unpaired) electrons. The van der Waals surface area contributed by atoms with Crippen LogP contribution < -0.4 is 4.74 Å². The summed E-state index contributed by atoms with van der Waals surface area (Å²) in [7, 11) is 0. The van der Waals surface area contributed by atoms with Gasteiger partial charge in [0, 0.05) is 23.8 Å². The fourth-order valence-corrected chi connectivity index (χ4v) is 2.64. The predicted molar refractivity (Wildman–Crippen MR) is 76.4 cm³/mol. The van der Waals surface area contributed by atoms with Crippen LogP contribution in [0.15, 0.2) is 36.0 Å². The molecule has 8 heteroatoms. The Hall–Kier alpha value is -2.45. The van der Waals surface area contributed by atoms with E-state index in [0.717, 1.165) is 4.96 Å². The number of aromatic nitrogens is 2. The number of aliphatic hydroxyl groups is 1. The van der Waals surface area contributed by atoms with E-state index >= 15 is 0 Å². The van der Waals surface area contributed by atoms with Gasteiger partial charge in [0.1, 0.15) is 6.61 Å². The molecule has 2 aromatic heterocycles. The third-order valence-electron chi connectivity index (χ3n) is 2.92. The van der Waals surface area contributed by atoms with Gasteiger partial charge < -0.3 is 9.84 Å². The zero-order valence-corrected chi connectivity index (χ0v) is 11.6. The fourth-order valence-electron chi connectivity index (χ4n) is 1.92. The number of aliphatic hydroxyl groups excluding tert-OH is 1. The fraction of sp³-hybridized carbons (Fsp3) is 0.154. The van der Waals surface area contributed by atoms with E-state index in [-0.39, 0.29) is 24.7 Å². The summed E-state index contributed by atoms with van der Waals surface area (Å²) < 4.78 is 7.36. The molecular formula is C13H11N3O4S. The minimum Gasteiger partial charge on any atom is -0.480 e. The lowest BCUT2D eigenvalue weighted by molar-refractivity contribution is -0.386. The van der Waals surface area contributed by atoms with Gasteiger partial charge in [-0.1, -0.05) is 0 Å². The molecule has 2 heterocycles. The van der Waals surface area contributed by atoms with Gasteiger partial charge in [-0.15, -0.1) is 11.3 Å². The number of thiazole rings is 1. The molecule has 0 aliphatic rings. The van der Waals surface area contributed by atoms with Crippen LogP contribution in [0.5, 0.6) is 5.75 Å². The number of benzene rings is 1. The molecule has 0 unspecified atom stereocenters. The van der Waals surface area contributed by atoms with Crippen LogP contribution in [0.4, 0.5) is 5.69 Å². The molecule has 0 saturated carbocycles. The molecule has 0 aliphatic heterocycles. The standard InChI is InChI=1S/C13H11N3O4S/c17-7-9-1-2-11(16(18)19)12(5-9)20-8-10-6-15-3-4-21-13(15)14-10/h1-6,17H,7-8H2. The van der Waals surface area contributed by atoms with E-state index in [2.05, 4.69) is 4.98 Å². The monoisotopic (exact) mass is 305 g/mol. The summed E-state index contributed by atoms with van der Waals surface area (Å²) in [5.74, 6) is 0.128. The van der Waals surface area contributed by atoms with Gasteiger partial charge in [0.2, 0.25) is 0 Å². The molecule has 0 amide bonds. The van der Waals surface area contributed by atoms with Crippen LogP contribution in [0.1, 0.15) is 11.3 Å². The number of hydrogen-bond donors (Lipinski definition) is 1. The Balaban J connectivity index is 1.83. The smallest absolute Gasteiger partial charge is 0.310 e. The van der Waals surface area contributed by atoms with Crippen LogP contribution in [0, 0.1) is 10.1 Å². The lowest BCUT2D eigenvalue weighted by Gasteiger charge is -2.06. The molecule has 0 spiro atoms. The minimum atomic E-state index is -0.512. The topological polar surface area (TPSA) is 89.9 Å². The van der Waals surface area contributed by atoms with E-state index in [1.54, 1.807) is 0 Å². The van der Waals surface area contributed by atoms with Crippen molar-refractivity contribution in [2.24, 2.45) is 0 Å². The van der Waals surface area contributed by atoms with Gasteiger partial charge in [-0.2, -0.15) is 0 Å². The minimum absolute atomic E-state index is 0.128. The second kappa shape index (κ2) is 5.51. The van der Waals surface area contributed by atoms with Gasteiger partial charge in [-0.05, 0) is 17.7 Å². The molecule has 0 saturated heterocycles. The van der Waals surface area contributed by atoms with Crippen LogP contribution in [-0.2, 0) is 13.2 Å². The first-order valence-electron chi connectivity index (χ1n) is 6.09. The average Bonchev–Trinajstić information content (AvgIpc) is 3.05. The lowest BCUT2D eigenvalue weighted by atomic mass is 10.2. The Kier molecular flexibility index (Phi) is 3.55. The highest BCUT2D eigenvalue weighted by atomic mass is 32.1. The Labute approximate surface area is 123 Å². The van der Waals surface area contributed by atoms with Gasteiger partial charge in [-0.25, -0.2) is 4.98 Å². The van der Waals surface area contributed by atoms with E-state index in [9.17, 15) is 10.1 Å². The van der Waals surface area contributed by atoms with Crippen LogP contribution in [0.25, 0.3) is 4.96 Å². The van der Waals surface area contributed by atoms with Crippen molar-refractivity contribution in [1.82, 2.24) is 9.38 Å². The second-order valence-electron chi connectivity index (χ2n) is 4.33. The number of ether oxygens (including phenoxy) is 1. The normalized spacial score (nSPS) is 10.9. The third kappa shape index (κ3) is 2.71. The molecule has 0 aliphatic carbocycles. The van der Waals surface area contributed by atoms with Crippen molar-refractivity contribution in [2.75, 3.05) is 0 Å². The molecule has 1 N–H and O–H groups in total. The highest BCUT2D eigenvalue weighted by molar-refractivity contribution is 7.15. The first-order chi connectivity index (χ1) is 10.2. The van der Waals surface area contributed by atoms with E-state index in [0.29, 0.717) is 11.3 Å². The third-order valence-corrected chi connectivity index (χ3v) is 3.69. The van der Waals surface area contributed by atoms with Gasteiger partial charge in [0.05, 0.1) is 17.2 Å². The Morgan fingerprint density at radius 2 is 2.33 bits per heavy atom. The zero-order chi connectivity index (χ0) is 14.8. The van der Waals surface area contributed by atoms with Gasteiger partial charge in [0.25, 0.3) is 0 Å². The second-order valence-corrected chi connectivity index (χ2v) is 5.20. The van der Waals surface area contributed by atoms with Crippen molar-refractivity contribution in [3.05, 3.63) is 57.3 Å². The molecule has 0 fully saturated rings. The number of nitro groups is 1. The maximum atomic E-state index is 11.0. The number of imidazole rings is 1. The van der Waals surface area contributed by atoms with Crippen LogP contribution in [-0.4, -0.2) is 19.4 Å². The number of hydrogen-bond acceptors (Lipinski definition) is 6. The van der Waals surface area contributed by atoms with E-state index in [1.165, 1.54) is 29.5 Å². The predicted octanol–water partition coefficient (Wildman–Crippen LogP) is 2.38. The molecule has 3 aromatic rings. The van der Waals surface area contributed by atoms with E-state index in [4.69, 9.17) is 9.84 Å².